The van der Waals surface area contributed by atoms with Crippen molar-refractivity contribution in [2.45, 2.75) is 26.4 Å². The number of hydrogen-bond donors (Lipinski definition) is 1. The molecule has 1 N–H and O–H groups in total. The minimum Gasteiger partial charge on any atom is -0.315 e. The summed E-state index contributed by atoms with van der Waals surface area (Å²) in [5.41, 5.74) is 3.98. The SMILES string of the molecule is Cc1ncnc2c1ncn2CCCNCc1ccncc1. The van der Waals surface area contributed by atoms with Gasteiger partial charge in [0.1, 0.15) is 11.8 Å². The fourth-order valence-electron chi connectivity index (χ4n) is 2.27. The zero-order valence-electron chi connectivity index (χ0n) is 12.0. The molecule has 3 rings (SSSR count). The molecule has 6 heteroatoms. The molecule has 0 bridgehead atoms. The van der Waals surface area contributed by atoms with Crippen LogP contribution in [-0.4, -0.2) is 31.0 Å². The average molecular weight is 282 g/mol. The maximum atomic E-state index is 4.38. The molecule has 3 aromatic heterocycles. The minimum atomic E-state index is 0.870. The maximum Gasteiger partial charge on any atom is 0.163 e. The highest BCUT2D eigenvalue weighted by Crippen LogP contribution is 2.11. The van der Waals surface area contributed by atoms with Crippen LogP contribution in [0.3, 0.4) is 0 Å². The van der Waals surface area contributed by atoms with E-state index in [0.717, 1.165) is 42.9 Å². The van der Waals surface area contributed by atoms with E-state index in [9.17, 15) is 0 Å². The molecule has 3 aromatic rings. The molecule has 21 heavy (non-hydrogen) atoms. The molecule has 0 amide bonds. The van der Waals surface area contributed by atoms with Crippen molar-refractivity contribution in [3.05, 3.63) is 48.4 Å². The molecule has 0 saturated carbocycles. The van der Waals surface area contributed by atoms with E-state index in [1.807, 2.05) is 37.8 Å². The molecule has 0 aliphatic heterocycles. The summed E-state index contributed by atoms with van der Waals surface area (Å²) < 4.78 is 2.08. The molecule has 0 unspecified atom stereocenters. The van der Waals surface area contributed by atoms with E-state index in [1.54, 1.807) is 6.33 Å². The van der Waals surface area contributed by atoms with Crippen molar-refractivity contribution in [2.24, 2.45) is 0 Å². The van der Waals surface area contributed by atoms with Crippen LogP contribution in [0.4, 0.5) is 0 Å². The van der Waals surface area contributed by atoms with Crippen molar-refractivity contribution in [1.82, 2.24) is 29.8 Å². The third-order valence-corrected chi connectivity index (χ3v) is 3.42. The fourth-order valence-corrected chi connectivity index (χ4v) is 2.27. The molecule has 108 valence electrons. The standard InChI is InChI=1S/C15H18N6/c1-12-14-15(19-10-18-12)21(11-20-14)8-2-5-17-9-13-3-6-16-7-4-13/h3-4,6-7,10-11,17H,2,5,8-9H2,1H3. The van der Waals surface area contributed by atoms with Gasteiger partial charge < -0.3 is 9.88 Å². The van der Waals surface area contributed by atoms with Crippen LogP contribution in [0.2, 0.25) is 0 Å². The molecule has 0 saturated heterocycles. The Balaban J connectivity index is 1.50. The Kier molecular flexibility index (Phi) is 4.16. The van der Waals surface area contributed by atoms with Crippen LogP contribution in [0.1, 0.15) is 17.7 Å². The van der Waals surface area contributed by atoms with E-state index in [1.165, 1.54) is 5.56 Å². The van der Waals surface area contributed by atoms with Gasteiger partial charge in [0.2, 0.25) is 0 Å². The second kappa shape index (κ2) is 6.41. The van der Waals surface area contributed by atoms with Crippen LogP contribution in [0.25, 0.3) is 11.2 Å². The van der Waals surface area contributed by atoms with Crippen LogP contribution in [0.5, 0.6) is 0 Å². The Morgan fingerprint density at radius 3 is 2.86 bits per heavy atom. The van der Waals surface area contributed by atoms with Crippen LogP contribution >= 0.6 is 0 Å². The van der Waals surface area contributed by atoms with Crippen molar-refractivity contribution in [3.63, 3.8) is 0 Å². The number of pyridine rings is 1. The molecule has 0 aliphatic rings. The minimum absolute atomic E-state index is 0.870. The lowest BCUT2D eigenvalue weighted by molar-refractivity contribution is 0.586. The number of fused-ring (bicyclic) bond motifs is 1. The largest absolute Gasteiger partial charge is 0.315 e. The Bertz CT molecular complexity index is 707. The van der Waals surface area contributed by atoms with Crippen LogP contribution in [-0.2, 0) is 13.1 Å². The summed E-state index contributed by atoms with van der Waals surface area (Å²) in [7, 11) is 0. The van der Waals surface area contributed by atoms with Gasteiger partial charge in [-0.3, -0.25) is 4.98 Å². The van der Waals surface area contributed by atoms with Crippen molar-refractivity contribution in [1.29, 1.82) is 0 Å². The van der Waals surface area contributed by atoms with Crippen LogP contribution < -0.4 is 5.32 Å². The summed E-state index contributed by atoms with van der Waals surface area (Å²) >= 11 is 0. The normalized spacial score (nSPS) is 11.1. The average Bonchev–Trinajstić information content (AvgIpc) is 2.93. The molecule has 0 aliphatic carbocycles. The number of imidazole rings is 1. The summed E-state index contributed by atoms with van der Waals surface area (Å²) in [6.07, 6.45) is 8.10. The number of nitrogens with one attached hydrogen (secondary N) is 1. The quantitative estimate of drug-likeness (QED) is 0.697. The van der Waals surface area contributed by atoms with Gasteiger partial charge in [-0.05, 0) is 37.6 Å². The van der Waals surface area contributed by atoms with Gasteiger partial charge in [-0.25, -0.2) is 15.0 Å². The Labute approximate surface area is 123 Å². The third kappa shape index (κ3) is 3.22. The summed E-state index contributed by atoms with van der Waals surface area (Å²) in [5, 5.41) is 3.43. The first-order valence-corrected chi connectivity index (χ1v) is 7.06. The summed E-state index contributed by atoms with van der Waals surface area (Å²) in [5.74, 6) is 0. The van der Waals surface area contributed by atoms with Crippen molar-refractivity contribution in [2.75, 3.05) is 6.54 Å². The zero-order chi connectivity index (χ0) is 14.5. The maximum absolute atomic E-state index is 4.38. The zero-order valence-corrected chi connectivity index (χ0v) is 12.0. The number of nitrogens with zero attached hydrogens (tertiary/aromatic N) is 5. The van der Waals surface area contributed by atoms with Crippen LogP contribution in [0, 0.1) is 6.92 Å². The molecule has 0 spiro atoms. The topological polar surface area (TPSA) is 68.5 Å². The highest BCUT2D eigenvalue weighted by Gasteiger charge is 2.06. The Hall–Kier alpha value is -2.34. The first-order valence-electron chi connectivity index (χ1n) is 7.06. The molecule has 3 heterocycles. The van der Waals surface area contributed by atoms with Crippen molar-refractivity contribution >= 4 is 11.2 Å². The summed E-state index contributed by atoms with van der Waals surface area (Å²) in [6.45, 7) is 4.68. The van der Waals surface area contributed by atoms with E-state index in [0.29, 0.717) is 0 Å². The Morgan fingerprint density at radius 2 is 2.00 bits per heavy atom. The number of rotatable bonds is 6. The van der Waals surface area contributed by atoms with Gasteiger partial charge in [0.05, 0.1) is 12.0 Å². The molecule has 0 radical (unpaired) electrons. The number of aromatic nitrogens is 5. The van der Waals surface area contributed by atoms with E-state index >= 15 is 0 Å². The van der Waals surface area contributed by atoms with Crippen molar-refractivity contribution < 1.29 is 0 Å². The Morgan fingerprint density at radius 1 is 1.14 bits per heavy atom. The summed E-state index contributed by atoms with van der Waals surface area (Å²) in [6, 6.07) is 4.05. The van der Waals surface area contributed by atoms with E-state index < -0.39 is 0 Å². The summed E-state index contributed by atoms with van der Waals surface area (Å²) in [4.78, 5) is 16.9. The lowest BCUT2D eigenvalue weighted by Gasteiger charge is -2.06. The first kappa shape index (κ1) is 13.6. The van der Waals surface area contributed by atoms with Gasteiger partial charge in [-0.15, -0.1) is 0 Å². The fraction of sp³-hybridized carbons (Fsp3) is 0.333. The first-order chi connectivity index (χ1) is 10.3. The monoisotopic (exact) mass is 282 g/mol. The smallest absolute Gasteiger partial charge is 0.163 e. The lowest BCUT2D eigenvalue weighted by atomic mass is 10.2. The highest BCUT2D eigenvalue weighted by molar-refractivity contribution is 5.72. The van der Waals surface area contributed by atoms with Gasteiger partial charge in [0.15, 0.2) is 5.65 Å². The van der Waals surface area contributed by atoms with E-state index in [4.69, 9.17) is 0 Å². The molecular formula is C15H18N6. The molecule has 0 atom stereocenters. The predicted octanol–water partition coefficient (Wildman–Crippen LogP) is 1.71. The van der Waals surface area contributed by atoms with Crippen LogP contribution in [0.15, 0.2) is 37.2 Å². The molecule has 0 fully saturated rings. The van der Waals surface area contributed by atoms with Crippen molar-refractivity contribution in [3.8, 4) is 0 Å². The van der Waals surface area contributed by atoms with Gasteiger partial charge in [-0.1, -0.05) is 0 Å². The number of aryl methyl sites for hydroxylation is 2. The highest BCUT2D eigenvalue weighted by atomic mass is 15.1. The number of hydrogen-bond acceptors (Lipinski definition) is 5. The predicted molar refractivity (Wildman–Crippen MR) is 80.6 cm³/mol. The van der Waals surface area contributed by atoms with E-state index in [-0.39, 0.29) is 0 Å². The molecule has 6 nitrogen and oxygen atoms in total. The second-order valence-corrected chi connectivity index (χ2v) is 4.96. The third-order valence-electron chi connectivity index (χ3n) is 3.42. The second-order valence-electron chi connectivity index (χ2n) is 4.96. The van der Waals surface area contributed by atoms with Gasteiger partial charge in [0, 0.05) is 25.5 Å². The lowest BCUT2D eigenvalue weighted by Crippen LogP contribution is -2.16. The molecule has 0 aromatic carbocycles. The van der Waals surface area contributed by atoms with Gasteiger partial charge in [-0.2, -0.15) is 0 Å². The van der Waals surface area contributed by atoms with Gasteiger partial charge in [0.25, 0.3) is 0 Å². The molecular weight excluding hydrogens is 264 g/mol. The van der Waals surface area contributed by atoms with Gasteiger partial charge >= 0.3 is 0 Å². The van der Waals surface area contributed by atoms with E-state index in [2.05, 4.69) is 29.8 Å².